The van der Waals surface area contributed by atoms with Crippen molar-refractivity contribution in [2.75, 3.05) is 12.3 Å². The minimum absolute atomic E-state index is 0.0777. The standard InChI is InChI=1S/C14H11F3N4O2/c1-2-8-11(9(23)6-22)20-13(21-12(8)18)7-3-4-10(19-5-7)14(15,16)17/h2-5,22H,1,6H2,(H2,18,20,21). The van der Waals surface area contributed by atoms with Gasteiger partial charge in [-0.3, -0.25) is 9.78 Å². The SMILES string of the molecule is C=Cc1c(N)nc(-c2ccc(C(F)(F)F)nc2)nc1C(=O)CO. The van der Waals surface area contributed by atoms with E-state index in [2.05, 4.69) is 21.5 Å². The van der Waals surface area contributed by atoms with Gasteiger partial charge < -0.3 is 10.8 Å². The molecule has 0 atom stereocenters. The highest BCUT2D eigenvalue weighted by molar-refractivity contribution is 6.00. The van der Waals surface area contributed by atoms with Crippen LogP contribution in [0.4, 0.5) is 19.0 Å². The van der Waals surface area contributed by atoms with Gasteiger partial charge in [0, 0.05) is 17.3 Å². The van der Waals surface area contributed by atoms with E-state index < -0.39 is 24.3 Å². The Hall–Kier alpha value is -2.81. The van der Waals surface area contributed by atoms with Gasteiger partial charge in [0.25, 0.3) is 0 Å². The number of nitrogens with two attached hydrogens (primary N) is 1. The number of hydrogen-bond donors (Lipinski definition) is 2. The largest absolute Gasteiger partial charge is 0.433 e. The molecular weight excluding hydrogens is 313 g/mol. The molecule has 6 nitrogen and oxygen atoms in total. The number of pyridine rings is 1. The quantitative estimate of drug-likeness (QED) is 0.834. The van der Waals surface area contributed by atoms with Crippen LogP contribution in [0.15, 0.2) is 24.9 Å². The first-order valence-electron chi connectivity index (χ1n) is 6.25. The average molecular weight is 324 g/mol. The Morgan fingerprint density at radius 1 is 1.35 bits per heavy atom. The molecule has 9 heteroatoms. The highest BCUT2D eigenvalue weighted by Crippen LogP contribution is 2.29. The summed E-state index contributed by atoms with van der Waals surface area (Å²) in [5.41, 5.74) is 4.77. The molecule has 0 aromatic carbocycles. The smallest absolute Gasteiger partial charge is 0.388 e. The van der Waals surface area contributed by atoms with Gasteiger partial charge in [0.05, 0.1) is 0 Å². The Balaban J connectivity index is 2.54. The van der Waals surface area contributed by atoms with Crippen molar-refractivity contribution in [2.24, 2.45) is 0 Å². The normalized spacial score (nSPS) is 11.3. The molecule has 0 radical (unpaired) electrons. The van der Waals surface area contributed by atoms with Gasteiger partial charge >= 0.3 is 6.18 Å². The molecule has 0 aliphatic heterocycles. The van der Waals surface area contributed by atoms with Gasteiger partial charge in [0.15, 0.2) is 5.82 Å². The summed E-state index contributed by atoms with van der Waals surface area (Å²) in [4.78, 5) is 22.9. The van der Waals surface area contributed by atoms with E-state index in [9.17, 15) is 18.0 Å². The van der Waals surface area contributed by atoms with E-state index in [4.69, 9.17) is 10.8 Å². The zero-order chi connectivity index (χ0) is 17.2. The van der Waals surface area contributed by atoms with E-state index in [1.165, 1.54) is 6.08 Å². The molecule has 2 rings (SSSR count). The average Bonchev–Trinajstić information content (AvgIpc) is 2.52. The Labute approximate surface area is 128 Å². The third-order valence-electron chi connectivity index (χ3n) is 2.90. The second-order valence-corrected chi connectivity index (χ2v) is 4.41. The van der Waals surface area contributed by atoms with Gasteiger partial charge in [-0.25, -0.2) is 9.97 Å². The van der Waals surface area contributed by atoms with Gasteiger partial charge in [0.2, 0.25) is 5.78 Å². The number of alkyl halides is 3. The number of nitrogen functional groups attached to an aromatic ring is 1. The van der Waals surface area contributed by atoms with Gasteiger partial charge in [-0.2, -0.15) is 13.2 Å². The molecule has 0 fully saturated rings. The molecule has 0 aliphatic carbocycles. The summed E-state index contributed by atoms with van der Waals surface area (Å²) in [7, 11) is 0. The van der Waals surface area contributed by atoms with Crippen molar-refractivity contribution in [3.05, 3.63) is 41.9 Å². The summed E-state index contributed by atoms with van der Waals surface area (Å²) < 4.78 is 37.5. The molecule has 0 amide bonds. The zero-order valence-electron chi connectivity index (χ0n) is 11.6. The van der Waals surface area contributed by atoms with E-state index in [1.54, 1.807) is 0 Å². The van der Waals surface area contributed by atoms with Crippen molar-refractivity contribution in [3.63, 3.8) is 0 Å². The van der Waals surface area contributed by atoms with Crippen molar-refractivity contribution < 1.29 is 23.1 Å². The van der Waals surface area contributed by atoms with Crippen LogP contribution >= 0.6 is 0 Å². The zero-order valence-corrected chi connectivity index (χ0v) is 11.6. The number of anilines is 1. The van der Waals surface area contributed by atoms with E-state index in [0.717, 1.165) is 18.3 Å². The number of aliphatic hydroxyl groups excluding tert-OH is 1. The third-order valence-corrected chi connectivity index (χ3v) is 2.90. The molecule has 23 heavy (non-hydrogen) atoms. The van der Waals surface area contributed by atoms with Gasteiger partial charge in [0.1, 0.15) is 23.8 Å². The van der Waals surface area contributed by atoms with Crippen LogP contribution in [0.1, 0.15) is 21.7 Å². The molecule has 2 aromatic heterocycles. The first-order valence-corrected chi connectivity index (χ1v) is 6.25. The van der Waals surface area contributed by atoms with Crippen LogP contribution in [-0.4, -0.2) is 32.4 Å². The number of aliphatic hydroxyl groups is 1. The van der Waals surface area contributed by atoms with Crippen LogP contribution in [0.3, 0.4) is 0 Å². The van der Waals surface area contributed by atoms with Crippen LogP contribution in [0.5, 0.6) is 0 Å². The summed E-state index contributed by atoms with van der Waals surface area (Å²) in [6.45, 7) is 2.68. The molecule has 3 N–H and O–H groups in total. The summed E-state index contributed by atoms with van der Waals surface area (Å²) in [5.74, 6) is -0.872. The van der Waals surface area contributed by atoms with E-state index >= 15 is 0 Å². The lowest BCUT2D eigenvalue weighted by Crippen LogP contribution is -2.13. The Morgan fingerprint density at radius 2 is 2.04 bits per heavy atom. The molecule has 0 bridgehead atoms. The van der Waals surface area contributed by atoms with Crippen LogP contribution in [0, 0.1) is 0 Å². The number of rotatable bonds is 4. The predicted octanol–water partition coefficient (Wildman–Crippen LogP) is 1.96. The van der Waals surface area contributed by atoms with Crippen molar-refractivity contribution >= 4 is 17.7 Å². The number of carbonyl (C=O) groups is 1. The summed E-state index contributed by atoms with van der Waals surface area (Å²) in [6.07, 6.45) is -2.38. The topological polar surface area (TPSA) is 102 Å². The van der Waals surface area contributed by atoms with Crippen LogP contribution in [0.25, 0.3) is 17.5 Å². The van der Waals surface area contributed by atoms with Crippen LogP contribution in [0.2, 0.25) is 0 Å². The highest BCUT2D eigenvalue weighted by Gasteiger charge is 2.32. The second kappa shape index (κ2) is 6.13. The number of halogens is 3. The first-order chi connectivity index (χ1) is 10.8. The minimum Gasteiger partial charge on any atom is -0.388 e. The number of hydrogen-bond acceptors (Lipinski definition) is 6. The summed E-state index contributed by atoms with van der Waals surface area (Å²) >= 11 is 0. The number of ketones is 1. The Bertz CT molecular complexity index is 758. The monoisotopic (exact) mass is 324 g/mol. The fourth-order valence-corrected chi connectivity index (χ4v) is 1.80. The van der Waals surface area contributed by atoms with E-state index in [1.807, 2.05) is 0 Å². The minimum atomic E-state index is -4.57. The molecule has 2 heterocycles. The molecule has 0 unspecified atom stereocenters. The van der Waals surface area contributed by atoms with Gasteiger partial charge in [-0.15, -0.1) is 0 Å². The van der Waals surface area contributed by atoms with Crippen molar-refractivity contribution in [1.82, 2.24) is 15.0 Å². The molecule has 2 aromatic rings. The van der Waals surface area contributed by atoms with Gasteiger partial charge in [-0.05, 0) is 12.1 Å². The van der Waals surface area contributed by atoms with Crippen LogP contribution in [-0.2, 0) is 6.18 Å². The molecular formula is C14H11F3N4O2. The van der Waals surface area contributed by atoms with Gasteiger partial charge in [-0.1, -0.05) is 12.7 Å². The second-order valence-electron chi connectivity index (χ2n) is 4.41. The number of aromatic nitrogens is 3. The Morgan fingerprint density at radius 3 is 2.52 bits per heavy atom. The molecule has 0 saturated carbocycles. The lowest BCUT2D eigenvalue weighted by Gasteiger charge is -2.10. The van der Waals surface area contributed by atoms with E-state index in [0.29, 0.717) is 0 Å². The van der Waals surface area contributed by atoms with E-state index in [-0.39, 0.29) is 28.5 Å². The highest BCUT2D eigenvalue weighted by atomic mass is 19.4. The van der Waals surface area contributed by atoms with Crippen molar-refractivity contribution in [3.8, 4) is 11.4 Å². The third kappa shape index (κ3) is 3.34. The maximum absolute atomic E-state index is 12.5. The van der Waals surface area contributed by atoms with Crippen molar-refractivity contribution in [1.29, 1.82) is 0 Å². The van der Waals surface area contributed by atoms with Crippen LogP contribution < -0.4 is 5.73 Å². The lowest BCUT2D eigenvalue weighted by atomic mass is 10.1. The van der Waals surface area contributed by atoms with Crippen molar-refractivity contribution in [2.45, 2.75) is 6.18 Å². The molecule has 120 valence electrons. The Kier molecular flexibility index (Phi) is 4.41. The maximum Gasteiger partial charge on any atom is 0.433 e. The fraction of sp³-hybridized carbons (Fsp3) is 0.143. The molecule has 0 aliphatic rings. The maximum atomic E-state index is 12.5. The summed E-state index contributed by atoms with van der Waals surface area (Å²) in [5, 5.41) is 8.96. The first kappa shape index (κ1) is 16.6. The summed E-state index contributed by atoms with van der Waals surface area (Å²) in [6, 6.07) is 1.88. The number of Topliss-reactive ketones (excluding diaryl/α,β-unsaturated/α-hetero) is 1. The number of carbonyl (C=O) groups excluding carboxylic acids is 1. The lowest BCUT2D eigenvalue weighted by molar-refractivity contribution is -0.141. The molecule has 0 spiro atoms. The molecule has 0 saturated heterocycles. The number of nitrogens with zero attached hydrogens (tertiary/aromatic N) is 3. The fourth-order valence-electron chi connectivity index (χ4n) is 1.80. The predicted molar refractivity (Wildman–Crippen MR) is 76.2 cm³/mol.